The highest BCUT2D eigenvalue weighted by Gasteiger charge is 2.15. The Morgan fingerprint density at radius 3 is 2.35 bits per heavy atom. The van der Waals surface area contributed by atoms with E-state index in [1.165, 1.54) is 6.07 Å². The molecule has 0 aliphatic carbocycles. The van der Waals surface area contributed by atoms with E-state index in [9.17, 15) is 19.7 Å². The Morgan fingerprint density at radius 1 is 1.08 bits per heavy atom. The molecule has 0 heterocycles. The van der Waals surface area contributed by atoms with Crippen LogP contribution >= 0.6 is 0 Å². The van der Waals surface area contributed by atoms with Crippen LogP contribution in [0.3, 0.4) is 0 Å². The molecule has 2 aromatic rings. The van der Waals surface area contributed by atoms with Crippen LogP contribution in [0.2, 0.25) is 0 Å². The Bertz CT molecular complexity index is 801. The van der Waals surface area contributed by atoms with Gasteiger partial charge in [-0.2, -0.15) is 0 Å². The highest BCUT2D eigenvalue weighted by Crippen LogP contribution is 2.18. The van der Waals surface area contributed by atoms with E-state index in [2.05, 4.69) is 10.6 Å². The summed E-state index contributed by atoms with van der Waals surface area (Å²) in [6.45, 7) is 3.94. The molecule has 0 atom stereocenters. The summed E-state index contributed by atoms with van der Waals surface area (Å²) in [5.41, 5.74) is 1.87. The second-order valence-corrected chi connectivity index (χ2v) is 6.18. The number of benzene rings is 2. The predicted octanol–water partition coefficient (Wildman–Crippen LogP) is 3.05. The molecular formula is C19H21N3O4. The van der Waals surface area contributed by atoms with Gasteiger partial charge in [-0.05, 0) is 17.7 Å². The zero-order valence-electron chi connectivity index (χ0n) is 14.7. The molecule has 0 saturated carbocycles. The number of nitrogens with one attached hydrogen (secondary N) is 2. The molecule has 2 rings (SSSR count). The van der Waals surface area contributed by atoms with Gasteiger partial charge in [0.05, 0.1) is 11.3 Å². The molecule has 136 valence electrons. The third-order valence-corrected chi connectivity index (χ3v) is 3.77. The minimum Gasteiger partial charge on any atom is -0.352 e. The number of nitro groups is 1. The van der Waals surface area contributed by atoms with Gasteiger partial charge in [0.25, 0.3) is 5.69 Å². The Labute approximate surface area is 151 Å². The second-order valence-electron chi connectivity index (χ2n) is 6.18. The van der Waals surface area contributed by atoms with Crippen LogP contribution in [0.25, 0.3) is 0 Å². The molecule has 26 heavy (non-hydrogen) atoms. The van der Waals surface area contributed by atoms with E-state index >= 15 is 0 Å². The van der Waals surface area contributed by atoms with Crippen molar-refractivity contribution in [3.63, 3.8) is 0 Å². The minimum absolute atomic E-state index is 0.0559. The van der Waals surface area contributed by atoms with E-state index in [0.29, 0.717) is 17.8 Å². The number of amides is 2. The van der Waals surface area contributed by atoms with Gasteiger partial charge in [0, 0.05) is 29.8 Å². The minimum atomic E-state index is -0.493. The van der Waals surface area contributed by atoms with E-state index in [-0.39, 0.29) is 29.8 Å². The lowest BCUT2D eigenvalue weighted by Crippen LogP contribution is -2.24. The Morgan fingerprint density at radius 2 is 1.73 bits per heavy atom. The van der Waals surface area contributed by atoms with Crippen molar-refractivity contribution < 1.29 is 14.5 Å². The van der Waals surface area contributed by atoms with Gasteiger partial charge in [-0.25, -0.2) is 0 Å². The summed E-state index contributed by atoms with van der Waals surface area (Å²) in [6.07, 6.45) is -0.0559. The average Bonchev–Trinajstić information content (AvgIpc) is 2.61. The third-order valence-electron chi connectivity index (χ3n) is 3.77. The van der Waals surface area contributed by atoms with Gasteiger partial charge in [0.15, 0.2) is 0 Å². The molecule has 7 nitrogen and oxygen atoms in total. The maximum Gasteiger partial charge on any atom is 0.273 e. The maximum atomic E-state index is 12.1. The van der Waals surface area contributed by atoms with Gasteiger partial charge in [-0.3, -0.25) is 19.7 Å². The first kappa shape index (κ1) is 19.1. The molecule has 0 spiro atoms. The highest BCUT2D eigenvalue weighted by molar-refractivity contribution is 5.92. The van der Waals surface area contributed by atoms with Gasteiger partial charge in [0.2, 0.25) is 11.8 Å². The molecule has 2 amide bonds. The molecule has 2 N–H and O–H groups in total. The Balaban J connectivity index is 1.90. The van der Waals surface area contributed by atoms with Gasteiger partial charge < -0.3 is 10.6 Å². The zero-order chi connectivity index (χ0) is 19.1. The number of rotatable bonds is 7. The fourth-order valence-corrected chi connectivity index (χ4v) is 2.27. The van der Waals surface area contributed by atoms with E-state index < -0.39 is 4.92 Å². The first-order valence-electron chi connectivity index (χ1n) is 8.25. The lowest BCUT2D eigenvalue weighted by atomic mass is 10.1. The number of hydrogen-bond donors (Lipinski definition) is 2. The van der Waals surface area contributed by atoms with Crippen molar-refractivity contribution >= 4 is 23.2 Å². The smallest absolute Gasteiger partial charge is 0.273 e. The molecule has 2 aromatic carbocycles. The fraction of sp³-hybridized carbons (Fsp3) is 0.263. The molecule has 7 heteroatoms. The molecule has 0 unspecified atom stereocenters. The van der Waals surface area contributed by atoms with E-state index in [1.54, 1.807) is 42.5 Å². The number of anilines is 1. The molecule has 0 aliphatic heterocycles. The van der Waals surface area contributed by atoms with Crippen molar-refractivity contribution in [2.24, 2.45) is 5.92 Å². The summed E-state index contributed by atoms with van der Waals surface area (Å²) in [7, 11) is 0. The average molecular weight is 355 g/mol. The van der Waals surface area contributed by atoms with E-state index in [4.69, 9.17) is 0 Å². The first-order valence-corrected chi connectivity index (χ1v) is 8.25. The summed E-state index contributed by atoms with van der Waals surface area (Å²) < 4.78 is 0. The Kier molecular flexibility index (Phi) is 6.43. The van der Waals surface area contributed by atoms with Crippen LogP contribution < -0.4 is 10.6 Å². The highest BCUT2D eigenvalue weighted by atomic mass is 16.6. The van der Waals surface area contributed by atoms with Crippen molar-refractivity contribution in [3.05, 3.63) is 69.8 Å². The van der Waals surface area contributed by atoms with Crippen LogP contribution in [0.5, 0.6) is 0 Å². The number of carbonyl (C=O) groups excluding carboxylic acids is 2. The molecule has 0 aromatic heterocycles. The van der Waals surface area contributed by atoms with Crippen LogP contribution in [0.4, 0.5) is 11.4 Å². The normalized spacial score (nSPS) is 10.4. The molecule has 0 saturated heterocycles. The summed E-state index contributed by atoms with van der Waals surface area (Å²) in [6, 6.07) is 13.3. The van der Waals surface area contributed by atoms with Crippen molar-refractivity contribution in [2.75, 3.05) is 5.32 Å². The van der Waals surface area contributed by atoms with Gasteiger partial charge in [-0.1, -0.05) is 44.2 Å². The SMILES string of the molecule is CC(C)C(=O)Nc1ccc(CNC(=O)Cc2ccccc2[N+](=O)[O-])cc1. The lowest BCUT2D eigenvalue weighted by Gasteiger charge is -2.09. The van der Waals surface area contributed by atoms with Gasteiger partial charge in [0.1, 0.15) is 0 Å². The number of hydrogen-bond acceptors (Lipinski definition) is 4. The molecule has 0 fully saturated rings. The summed E-state index contributed by atoms with van der Waals surface area (Å²) in [5.74, 6) is -0.456. The maximum absolute atomic E-state index is 12.1. The first-order chi connectivity index (χ1) is 12.4. The van der Waals surface area contributed by atoms with Crippen LogP contribution in [-0.2, 0) is 22.6 Å². The summed E-state index contributed by atoms with van der Waals surface area (Å²) >= 11 is 0. The zero-order valence-corrected chi connectivity index (χ0v) is 14.7. The van der Waals surface area contributed by atoms with Crippen LogP contribution in [0.15, 0.2) is 48.5 Å². The third kappa shape index (κ3) is 5.41. The fourth-order valence-electron chi connectivity index (χ4n) is 2.27. The largest absolute Gasteiger partial charge is 0.352 e. The van der Waals surface area contributed by atoms with Gasteiger partial charge >= 0.3 is 0 Å². The number of carbonyl (C=O) groups is 2. The molecule has 0 aliphatic rings. The van der Waals surface area contributed by atoms with Crippen molar-refractivity contribution in [2.45, 2.75) is 26.8 Å². The van der Waals surface area contributed by atoms with E-state index in [0.717, 1.165) is 5.56 Å². The molecule has 0 bridgehead atoms. The van der Waals surface area contributed by atoms with Crippen LogP contribution in [0.1, 0.15) is 25.0 Å². The van der Waals surface area contributed by atoms with Crippen molar-refractivity contribution in [1.29, 1.82) is 0 Å². The van der Waals surface area contributed by atoms with Crippen LogP contribution in [-0.4, -0.2) is 16.7 Å². The number of nitro benzene ring substituents is 1. The summed E-state index contributed by atoms with van der Waals surface area (Å²) in [5, 5.41) is 16.5. The van der Waals surface area contributed by atoms with Crippen molar-refractivity contribution in [3.8, 4) is 0 Å². The van der Waals surface area contributed by atoms with Crippen molar-refractivity contribution in [1.82, 2.24) is 5.32 Å². The van der Waals surface area contributed by atoms with Gasteiger partial charge in [-0.15, -0.1) is 0 Å². The molecule has 0 radical (unpaired) electrons. The lowest BCUT2D eigenvalue weighted by molar-refractivity contribution is -0.385. The summed E-state index contributed by atoms with van der Waals surface area (Å²) in [4.78, 5) is 34.2. The number of para-hydroxylation sites is 1. The quantitative estimate of drug-likeness (QED) is 0.589. The number of nitrogens with zero attached hydrogens (tertiary/aromatic N) is 1. The second kappa shape index (κ2) is 8.75. The standard InChI is InChI=1S/C19H21N3O4/c1-13(2)19(24)21-16-9-7-14(8-10-16)12-20-18(23)11-15-5-3-4-6-17(15)22(25)26/h3-10,13H,11-12H2,1-2H3,(H,20,23)(H,21,24). The van der Waals surface area contributed by atoms with E-state index in [1.807, 2.05) is 13.8 Å². The predicted molar refractivity (Wildman–Crippen MR) is 98.6 cm³/mol. The van der Waals surface area contributed by atoms with Crippen LogP contribution in [0, 0.1) is 16.0 Å². The topological polar surface area (TPSA) is 101 Å². The molecular weight excluding hydrogens is 334 g/mol. The Hall–Kier alpha value is -3.22. The monoisotopic (exact) mass is 355 g/mol.